The van der Waals surface area contributed by atoms with E-state index in [4.69, 9.17) is 4.42 Å². The molecular weight excluding hydrogens is 260 g/mol. The normalized spacial score (nSPS) is 11.2. The van der Waals surface area contributed by atoms with Crippen LogP contribution in [0.2, 0.25) is 0 Å². The number of oxazole rings is 1. The zero-order chi connectivity index (χ0) is 14.8. The fourth-order valence-electron chi connectivity index (χ4n) is 2.44. The third kappa shape index (κ3) is 2.92. The lowest BCUT2D eigenvalue weighted by molar-refractivity contribution is 0.507. The van der Waals surface area contributed by atoms with Crippen LogP contribution in [0.15, 0.2) is 52.9 Å². The highest BCUT2D eigenvalue weighted by atomic mass is 16.3. The van der Waals surface area contributed by atoms with Crippen LogP contribution in [-0.2, 0) is 6.54 Å². The molecule has 0 unspecified atom stereocenters. The molecule has 0 spiro atoms. The molecule has 0 N–H and O–H groups in total. The largest absolute Gasteiger partial charge is 0.439 e. The van der Waals surface area contributed by atoms with Gasteiger partial charge in [-0.2, -0.15) is 0 Å². The molecule has 2 aromatic carbocycles. The quantitative estimate of drug-likeness (QED) is 0.702. The minimum absolute atomic E-state index is 0.378. The van der Waals surface area contributed by atoms with Gasteiger partial charge in [0.05, 0.1) is 6.54 Å². The summed E-state index contributed by atoms with van der Waals surface area (Å²) in [6, 6.07) is 16.8. The molecule has 0 fully saturated rings. The van der Waals surface area contributed by atoms with Crippen molar-refractivity contribution in [3.8, 4) is 0 Å². The first-order valence-corrected chi connectivity index (χ1v) is 7.31. The molecule has 3 aromatic rings. The van der Waals surface area contributed by atoms with E-state index < -0.39 is 0 Å². The van der Waals surface area contributed by atoms with Crippen molar-refractivity contribution in [2.75, 3.05) is 4.90 Å². The molecule has 1 aromatic heterocycles. The number of hydrogen-bond donors (Lipinski definition) is 0. The highest BCUT2D eigenvalue weighted by Crippen LogP contribution is 2.22. The number of hydrogen-bond acceptors (Lipinski definition) is 3. The van der Waals surface area contributed by atoms with Crippen molar-refractivity contribution in [3.05, 3.63) is 60.0 Å². The highest BCUT2D eigenvalue weighted by molar-refractivity contribution is 5.72. The summed E-state index contributed by atoms with van der Waals surface area (Å²) in [7, 11) is 0. The second-order valence-corrected chi connectivity index (χ2v) is 5.63. The molecule has 21 heavy (non-hydrogen) atoms. The summed E-state index contributed by atoms with van der Waals surface area (Å²) < 4.78 is 5.84. The smallest absolute Gasteiger partial charge is 0.215 e. The number of anilines is 1. The summed E-state index contributed by atoms with van der Waals surface area (Å²) in [5.74, 6) is 0.755. The molecule has 3 heteroatoms. The molecule has 108 valence electrons. The van der Waals surface area contributed by atoms with Gasteiger partial charge in [0.15, 0.2) is 5.58 Å². The summed E-state index contributed by atoms with van der Waals surface area (Å²) in [5, 5.41) is 0. The van der Waals surface area contributed by atoms with Crippen LogP contribution >= 0.6 is 0 Å². The Kier molecular flexibility index (Phi) is 3.65. The second-order valence-electron chi connectivity index (χ2n) is 5.63. The van der Waals surface area contributed by atoms with Crippen molar-refractivity contribution < 1.29 is 4.42 Å². The van der Waals surface area contributed by atoms with Crippen LogP contribution in [0.25, 0.3) is 11.1 Å². The monoisotopic (exact) mass is 280 g/mol. The summed E-state index contributed by atoms with van der Waals surface area (Å²) >= 11 is 0. The van der Waals surface area contributed by atoms with E-state index in [9.17, 15) is 0 Å². The van der Waals surface area contributed by atoms with Gasteiger partial charge in [0.1, 0.15) is 5.52 Å². The van der Waals surface area contributed by atoms with Gasteiger partial charge in [-0.05, 0) is 45.0 Å². The van der Waals surface area contributed by atoms with Crippen molar-refractivity contribution in [2.45, 2.75) is 33.4 Å². The molecule has 0 bridgehead atoms. The number of para-hydroxylation sites is 2. The van der Waals surface area contributed by atoms with Gasteiger partial charge in [0, 0.05) is 11.7 Å². The van der Waals surface area contributed by atoms with Gasteiger partial charge >= 0.3 is 0 Å². The molecule has 0 aliphatic heterocycles. The van der Waals surface area contributed by atoms with Crippen molar-refractivity contribution in [2.24, 2.45) is 0 Å². The Labute approximate surface area is 125 Å². The highest BCUT2D eigenvalue weighted by Gasteiger charge is 2.15. The Morgan fingerprint density at radius 1 is 1.05 bits per heavy atom. The lowest BCUT2D eigenvalue weighted by atomic mass is 10.2. The Morgan fingerprint density at radius 2 is 1.76 bits per heavy atom. The maximum Gasteiger partial charge on any atom is 0.215 e. The van der Waals surface area contributed by atoms with Gasteiger partial charge in [-0.3, -0.25) is 0 Å². The Morgan fingerprint density at radius 3 is 2.43 bits per heavy atom. The Bertz CT molecular complexity index is 695. The maximum absolute atomic E-state index is 5.84. The van der Waals surface area contributed by atoms with Gasteiger partial charge < -0.3 is 9.32 Å². The first kappa shape index (κ1) is 13.7. The molecule has 3 rings (SSSR count). The second kappa shape index (κ2) is 5.60. The third-order valence-corrected chi connectivity index (χ3v) is 3.63. The topological polar surface area (TPSA) is 29.3 Å². The molecule has 0 radical (unpaired) electrons. The number of aromatic nitrogens is 1. The third-order valence-electron chi connectivity index (χ3n) is 3.63. The summed E-state index contributed by atoms with van der Waals surface area (Å²) in [4.78, 5) is 6.87. The molecule has 0 aliphatic carbocycles. The van der Waals surface area contributed by atoms with Crippen molar-refractivity contribution in [1.29, 1.82) is 0 Å². The van der Waals surface area contributed by atoms with Crippen molar-refractivity contribution >= 4 is 16.8 Å². The molecule has 1 heterocycles. The van der Waals surface area contributed by atoms with E-state index in [-0.39, 0.29) is 0 Å². The van der Waals surface area contributed by atoms with E-state index in [1.165, 1.54) is 11.3 Å². The molecule has 3 nitrogen and oxygen atoms in total. The average Bonchev–Trinajstić information content (AvgIpc) is 2.88. The van der Waals surface area contributed by atoms with E-state index in [0.717, 1.165) is 17.0 Å². The van der Waals surface area contributed by atoms with E-state index in [0.29, 0.717) is 12.6 Å². The standard InChI is InChI=1S/C18H20N2O/c1-13(2)20(15-10-8-14(3)9-11-15)12-18-19-16-6-4-5-7-17(16)21-18/h4-11,13H,12H2,1-3H3. The SMILES string of the molecule is Cc1ccc(N(Cc2nc3ccccc3o2)C(C)C)cc1. The zero-order valence-electron chi connectivity index (χ0n) is 12.7. The summed E-state index contributed by atoms with van der Waals surface area (Å²) in [5.41, 5.74) is 4.22. The summed E-state index contributed by atoms with van der Waals surface area (Å²) in [6.07, 6.45) is 0. The molecule has 0 saturated carbocycles. The minimum atomic E-state index is 0.378. The maximum atomic E-state index is 5.84. The molecule has 0 amide bonds. The molecule has 0 aliphatic rings. The Balaban J connectivity index is 1.89. The van der Waals surface area contributed by atoms with Crippen LogP contribution in [0.3, 0.4) is 0 Å². The summed E-state index contributed by atoms with van der Waals surface area (Å²) in [6.45, 7) is 7.14. The lowest BCUT2D eigenvalue weighted by Crippen LogP contribution is -2.30. The minimum Gasteiger partial charge on any atom is -0.439 e. The number of fused-ring (bicyclic) bond motifs is 1. The number of rotatable bonds is 4. The fourth-order valence-corrected chi connectivity index (χ4v) is 2.44. The van der Waals surface area contributed by atoms with Crippen LogP contribution in [-0.4, -0.2) is 11.0 Å². The lowest BCUT2D eigenvalue weighted by Gasteiger charge is -2.27. The van der Waals surface area contributed by atoms with E-state index in [2.05, 4.69) is 54.9 Å². The van der Waals surface area contributed by atoms with Crippen LogP contribution in [0.1, 0.15) is 25.3 Å². The first-order chi connectivity index (χ1) is 10.1. The van der Waals surface area contributed by atoms with Crippen LogP contribution < -0.4 is 4.90 Å². The van der Waals surface area contributed by atoms with E-state index in [1.54, 1.807) is 0 Å². The number of aryl methyl sites for hydroxylation is 1. The predicted octanol–water partition coefficient (Wildman–Crippen LogP) is 4.55. The number of nitrogens with zero attached hydrogens (tertiary/aromatic N) is 2. The zero-order valence-corrected chi connectivity index (χ0v) is 12.7. The number of benzene rings is 2. The van der Waals surface area contributed by atoms with Crippen LogP contribution in [0.4, 0.5) is 5.69 Å². The fraction of sp³-hybridized carbons (Fsp3) is 0.278. The van der Waals surface area contributed by atoms with Crippen molar-refractivity contribution in [3.63, 3.8) is 0 Å². The predicted molar refractivity (Wildman–Crippen MR) is 86.5 cm³/mol. The van der Waals surface area contributed by atoms with Crippen LogP contribution in [0.5, 0.6) is 0 Å². The first-order valence-electron chi connectivity index (χ1n) is 7.31. The van der Waals surface area contributed by atoms with Gasteiger partial charge in [-0.25, -0.2) is 4.98 Å². The van der Waals surface area contributed by atoms with Gasteiger partial charge in [0.25, 0.3) is 0 Å². The van der Waals surface area contributed by atoms with Crippen LogP contribution in [0, 0.1) is 6.92 Å². The van der Waals surface area contributed by atoms with Gasteiger partial charge in [0.2, 0.25) is 5.89 Å². The van der Waals surface area contributed by atoms with E-state index >= 15 is 0 Å². The van der Waals surface area contributed by atoms with Gasteiger partial charge in [-0.15, -0.1) is 0 Å². The Hall–Kier alpha value is -2.29. The molecule has 0 atom stereocenters. The molecular formula is C18H20N2O. The van der Waals surface area contributed by atoms with Gasteiger partial charge in [-0.1, -0.05) is 29.8 Å². The average molecular weight is 280 g/mol. The molecule has 0 saturated heterocycles. The van der Waals surface area contributed by atoms with Crippen molar-refractivity contribution in [1.82, 2.24) is 4.98 Å². The van der Waals surface area contributed by atoms with E-state index in [1.807, 2.05) is 24.3 Å².